The summed E-state index contributed by atoms with van der Waals surface area (Å²) in [6, 6.07) is 12.3. The van der Waals surface area contributed by atoms with E-state index in [2.05, 4.69) is 16.3 Å². The Morgan fingerprint density at radius 1 is 1.21 bits per heavy atom. The molecule has 0 N–H and O–H groups in total. The number of rotatable bonds is 2. The number of carbonyl (C=O) groups excluding carboxylic acids is 1. The fraction of sp³-hybridized carbons (Fsp3) is 0.316. The quantitative estimate of drug-likeness (QED) is 0.719. The van der Waals surface area contributed by atoms with Crippen LogP contribution in [0.15, 0.2) is 46.2 Å². The van der Waals surface area contributed by atoms with Crippen LogP contribution >= 0.6 is 11.3 Å². The third-order valence-corrected chi connectivity index (χ3v) is 6.16. The molecule has 122 valence electrons. The van der Waals surface area contributed by atoms with Crippen LogP contribution in [0.3, 0.4) is 0 Å². The molecule has 0 radical (unpaired) electrons. The molecule has 2 aliphatic rings. The van der Waals surface area contributed by atoms with E-state index in [1.807, 2.05) is 46.6 Å². The number of furan rings is 1. The van der Waals surface area contributed by atoms with E-state index in [-0.39, 0.29) is 5.91 Å². The first-order chi connectivity index (χ1) is 11.8. The summed E-state index contributed by atoms with van der Waals surface area (Å²) in [6.07, 6.45) is 1.14. The van der Waals surface area contributed by atoms with Gasteiger partial charge in [0.1, 0.15) is 5.58 Å². The molecule has 0 saturated carbocycles. The maximum atomic E-state index is 12.6. The number of para-hydroxylation sites is 1. The molecule has 2 aliphatic heterocycles. The zero-order valence-corrected chi connectivity index (χ0v) is 14.1. The highest BCUT2D eigenvalue weighted by atomic mass is 32.1. The fourth-order valence-corrected chi connectivity index (χ4v) is 4.57. The van der Waals surface area contributed by atoms with Gasteiger partial charge in [-0.3, -0.25) is 9.69 Å². The number of thiophene rings is 1. The molecule has 4 heterocycles. The molecule has 5 heteroatoms. The standard InChI is InChI=1S/C19H18N2O2S/c22-19(17-9-13-3-1-2-4-16(13)23-17)21-11-15(12-21)20-7-5-18-14(10-20)6-8-24-18/h1-4,6,8-9,15H,5,7,10-12H2. The highest BCUT2D eigenvalue weighted by molar-refractivity contribution is 7.10. The highest BCUT2D eigenvalue weighted by Gasteiger charge is 2.37. The maximum absolute atomic E-state index is 12.6. The van der Waals surface area contributed by atoms with E-state index in [1.54, 1.807) is 0 Å². The minimum atomic E-state index is 0.00989. The van der Waals surface area contributed by atoms with E-state index in [9.17, 15) is 4.79 Å². The van der Waals surface area contributed by atoms with E-state index in [1.165, 1.54) is 10.4 Å². The molecule has 4 nitrogen and oxygen atoms in total. The molecule has 0 atom stereocenters. The fourth-order valence-electron chi connectivity index (χ4n) is 3.68. The summed E-state index contributed by atoms with van der Waals surface area (Å²) < 4.78 is 5.70. The Kier molecular flexibility index (Phi) is 3.24. The van der Waals surface area contributed by atoms with Gasteiger partial charge in [-0.05, 0) is 35.6 Å². The number of likely N-dealkylation sites (tertiary alicyclic amines) is 1. The van der Waals surface area contributed by atoms with Crippen LogP contribution in [-0.4, -0.2) is 41.4 Å². The summed E-state index contributed by atoms with van der Waals surface area (Å²) in [5.74, 6) is 0.462. The van der Waals surface area contributed by atoms with Crippen molar-refractivity contribution < 1.29 is 9.21 Å². The van der Waals surface area contributed by atoms with Crippen molar-refractivity contribution in [2.24, 2.45) is 0 Å². The van der Waals surface area contributed by atoms with Gasteiger partial charge >= 0.3 is 0 Å². The van der Waals surface area contributed by atoms with Crippen molar-refractivity contribution in [1.82, 2.24) is 9.80 Å². The second-order valence-corrected chi connectivity index (χ2v) is 7.60. The van der Waals surface area contributed by atoms with Gasteiger partial charge in [0.15, 0.2) is 5.76 Å². The van der Waals surface area contributed by atoms with Crippen LogP contribution in [-0.2, 0) is 13.0 Å². The van der Waals surface area contributed by atoms with Gasteiger partial charge in [-0.1, -0.05) is 18.2 Å². The van der Waals surface area contributed by atoms with Gasteiger partial charge in [0.25, 0.3) is 5.91 Å². The first-order valence-corrected chi connectivity index (χ1v) is 9.23. The van der Waals surface area contributed by atoms with Crippen LogP contribution < -0.4 is 0 Å². The molecule has 24 heavy (non-hydrogen) atoms. The molecule has 1 fully saturated rings. The van der Waals surface area contributed by atoms with Crippen LogP contribution in [0.5, 0.6) is 0 Å². The van der Waals surface area contributed by atoms with E-state index in [0.29, 0.717) is 11.8 Å². The van der Waals surface area contributed by atoms with Gasteiger partial charge < -0.3 is 9.32 Å². The van der Waals surface area contributed by atoms with Crippen molar-refractivity contribution in [3.63, 3.8) is 0 Å². The maximum Gasteiger partial charge on any atom is 0.289 e. The van der Waals surface area contributed by atoms with Gasteiger partial charge in [0.2, 0.25) is 0 Å². The SMILES string of the molecule is O=C(c1cc2ccccc2o1)N1CC(N2CCc3sccc3C2)C1. The lowest BCUT2D eigenvalue weighted by molar-refractivity contribution is 0.0200. The molecule has 0 unspecified atom stereocenters. The van der Waals surface area contributed by atoms with Gasteiger partial charge in [0, 0.05) is 42.5 Å². The predicted octanol–water partition coefficient (Wildman–Crippen LogP) is 3.38. The lowest BCUT2D eigenvalue weighted by Crippen LogP contribution is -2.61. The number of hydrogen-bond donors (Lipinski definition) is 0. The zero-order chi connectivity index (χ0) is 16.1. The van der Waals surface area contributed by atoms with E-state index in [4.69, 9.17) is 4.42 Å². The summed E-state index contributed by atoms with van der Waals surface area (Å²) in [5.41, 5.74) is 2.24. The van der Waals surface area contributed by atoms with E-state index < -0.39 is 0 Å². The third-order valence-electron chi connectivity index (χ3n) is 5.14. The number of fused-ring (bicyclic) bond motifs is 2. The molecule has 3 aromatic rings. The molecule has 0 spiro atoms. The molecule has 0 bridgehead atoms. The molecule has 5 rings (SSSR count). The molecule has 0 aliphatic carbocycles. The smallest absolute Gasteiger partial charge is 0.289 e. The van der Waals surface area contributed by atoms with Gasteiger partial charge in [0.05, 0.1) is 0 Å². The number of nitrogens with zero attached hydrogens (tertiary/aromatic N) is 2. The largest absolute Gasteiger partial charge is 0.451 e. The second kappa shape index (κ2) is 5.46. The van der Waals surface area contributed by atoms with Crippen molar-refractivity contribution in [2.45, 2.75) is 19.0 Å². The van der Waals surface area contributed by atoms with Crippen LogP contribution in [0.1, 0.15) is 21.0 Å². The predicted molar refractivity (Wildman–Crippen MR) is 94.3 cm³/mol. The average Bonchev–Trinajstić information content (AvgIpc) is 3.19. The summed E-state index contributed by atoms with van der Waals surface area (Å²) in [5, 5.41) is 3.17. The summed E-state index contributed by atoms with van der Waals surface area (Å²) in [7, 11) is 0. The molecular formula is C19H18N2O2S. The Morgan fingerprint density at radius 2 is 2.08 bits per heavy atom. The van der Waals surface area contributed by atoms with E-state index >= 15 is 0 Å². The van der Waals surface area contributed by atoms with Crippen molar-refractivity contribution in [2.75, 3.05) is 19.6 Å². The lowest BCUT2D eigenvalue weighted by atomic mass is 10.0. The first kappa shape index (κ1) is 14.3. The Bertz CT molecular complexity index is 874. The Balaban J connectivity index is 1.25. The minimum Gasteiger partial charge on any atom is -0.451 e. The number of amides is 1. The number of benzene rings is 1. The summed E-state index contributed by atoms with van der Waals surface area (Å²) in [4.78, 5) is 18.5. The molecule has 1 aromatic carbocycles. The Morgan fingerprint density at radius 3 is 2.96 bits per heavy atom. The lowest BCUT2D eigenvalue weighted by Gasteiger charge is -2.46. The average molecular weight is 338 g/mol. The highest BCUT2D eigenvalue weighted by Crippen LogP contribution is 2.29. The molecule has 1 saturated heterocycles. The van der Waals surface area contributed by atoms with Crippen LogP contribution in [0.4, 0.5) is 0 Å². The second-order valence-electron chi connectivity index (χ2n) is 6.60. The first-order valence-electron chi connectivity index (χ1n) is 8.35. The Labute approximate surface area is 144 Å². The number of carbonyl (C=O) groups is 1. The number of hydrogen-bond acceptors (Lipinski definition) is 4. The van der Waals surface area contributed by atoms with Gasteiger partial charge in [-0.15, -0.1) is 11.3 Å². The zero-order valence-electron chi connectivity index (χ0n) is 13.3. The Hall–Kier alpha value is -2.11. The van der Waals surface area contributed by atoms with Crippen molar-refractivity contribution in [1.29, 1.82) is 0 Å². The van der Waals surface area contributed by atoms with Crippen molar-refractivity contribution in [3.05, 3.63) is 58.0 Å². The van der Waals surface area contributed by atoms with Crippen LogP contribution in [0.2, 0.25) is 0 Å². The van der Waals surface area contributed by atoms with E-state index in [0.717, 1.165) is 43.6 Å². The normalized spacial score (nSPS) is 18.6. The summed E-state index contributed by atoms with van der Waals surface area (Å²) >= 11 is 1.87. The third kappa shape index (κ3) is 2.27. The van der Waals surface area contributed by atoms with Gasteiger partial charge in [-0.2, -0.15) is 0 Å². The minimum absolute atomic E-state index is 0.00989. The van der Waals surface area contributed by atoms with Crippen LogP contribution in [0.25, 0.3) is 11.0 Å². The van der Waals surface area contributed by atoms with Crippen molar-refractivity contribution >= 4 is 28.2 Å². The molecule has 1 amide bonds. The van der Waals surface area contributed by atoms with Crippen molar-refractivity contribution in [3.8, 4) is 0 Å². The monoisotopic (exact) mass is 338 g/mol. The van der Waals surface area contributed by atoms with Crippen LogP contribution in [0, 0.1) is 0 Å². The topological polar surface area (TPSA) is 36.7 Å². The summed E-state index contributed by atoms with van der Waals surface area (Å²) in [6.45, 7) is 3.73. The molecular weight excluding hydrogens is 320 g/mol. The van der Waals surface area contributed by atoms with Gasteiger partial charge in [-0.25, -0.2) is 0 Å². The molecule has 2 aromatic heterocycles.